The molecular weight excluding hydrogens is 264 g/mol. The van der Waals surface area contributed by atoms with Crippen LogP contribution in [0.5, 0.6) is 0 Å². The number of benzene rings is 1. The number of aliphatic carboxylic acids is 1. The normalized spacial score (nSPS) is 18.9. The molecule has 1 N–H and O–H groups in total. The molecule has 1 aliphatic rings. The molecule has 0 bridgehead atoms. The smallest absolute Gasteiger partial charge is 0.313 e. The summed E-state index contributed by atoms with van der Waals surface area (Å²) in [6.45, 7) is 5.77. The van der Waals surface area contributed by atoms with E-state index in [2.05, 4.69) is 6.58 Å². The van der Waals surface area contributed by atoms with E-state index in [-0.39, 0.29) is 6.10 Å². The molecule has 1 aliphatic carbocycles. The fourth-order valence-corrected chi connectivity index (χ4v) is 2.94. The highest BCUT2D eigenvalue weighted by Gasteiger charge is 2.31. The van der Waals surface area contributed by atoms with E-state index in [0.717, 1.165) is 36.8 Å². The van der Waals surface area contributed by atoms with E-state index in [1.54, 1.807) is 6.08 Å². The molecule has 114 valence electrons. The first-order valence-corrected chi connectivity index (χ1v) is 7.69. The Morgan fingerprint density at radius 2 is 1.90 bits per heavy atom. The molecule has 0 amide bonds. The molecular formula is C18H24O3. The van der Waals surface area contributed by atoms with Crippen molar-refractivity contribution in [3.05, 3.63) is 48.0 Å². The van der Waals surface area contributed by atoms with Gasteiger partial charge in [-0.05, 0) is 25.3 Å². The molecule has 2 rings (SSSR count). The van der Waals surface area contributed by atoms with Crippen LogP contribution >= 0.6 is 0 Å². The molecule has 0 spiro atoms. The lowest BCUT2D eigenvalue weighted by Crippen LogP contribution is -2.32. The molecule has 1 aromatic carbocycles. The van der Waals surface area contributed by atoms with E-state index in [4.69, 9.17) is 4.74 Å². The number of hydrogen-bond acceptors (Lipinski definition) is 2. The van der Waals surface area contributed by atoms with E-state index in [0.29, 0.717) is 0 Å². The van der Waals surface area contributed by atoms with Gasteiger partial charge in [0.1, 0.15) is 5.92 Å². The Hall–Kier alpha value is -1.61. The fraction of sp³-hybridized carbons (Fsp3) is 0.500. The number of rotatable bonds is 6. The molecule has 3 nitrogen and oxygen atoms in total. The van der Waals surface area contributed by atoms with Gasteiger partial charge in [-0.25, -0.2) is 0 Å². The van der Waals surface area contributed by atoms with Gasteiger partial charge in [0.25, 0.3) is 0 Å². The molecule has 0 aliphatic heterocycles. The molecule has 1 fully saturated rings. The first-order valence-electron chi connectivity index (χ1n) is 7.69. The zero-order chi connectivity index (χ0) is 15.2. The van der Waals surface area contributed by atoms with Gasteiger partial charge >= 0.3 is 5.97 Å². The number of hydrogen-bond donors (Lipinski definition) is 1. The van der Waals surface area contributed by atoms with Gasteiger partial charge in [0, 0.05) is 0 Å². The topological polar surface area (TPSA) is 46.5 Å². The van der Waals surface area contributed by atoms with Crippen LogP contribution in [0.1, 0.15) is 49.1 Å². The van der Waals surface area contributed by atoms with Crippen LogP contribution in [0.2, 0.25) is 0 Å². The van der Waals surface area contributed by atoms with Gasteiger partial charge in [0.05, 0.1) is 12.2 Å². The molecule has 0 saturated heterocycles. The van der Waals surface area contributed by atoms with Crippen LogP contribution in [0.3, 0.4) is 0 Å². The minimum absolute atomic E-state index is 0.161. The van der Waals surface area contributed by atoms with Gasteiger partial charge in [-0.15, -0.1) is 6.58 Å². The Kier molecular flexibility index (Phi) is 5.57. The van der Waals surface area contributed by atoms with Crippen molar-refractivity contribution in [2.75, 3.05) is 0 Å². The molecule has 0 aromatic heterocycles. The highest BCUT2D eigenvalue weighted by atomic mass is 16.5. The SMILES string of the molecule is C=C[C@@H](OC1CCCCC1)[C@H](C(=O)O)c1ccc(C)cc1. The van der Waals surface area contributed by atoms with E-state index in [1.165, 1.54) is 6.42 Å². The Morgan fingerprint density at radius 3 is 2.43 bits per heavy atom. The minimum atomic E-state index is -0.862. The maximum absolute atomic E-state index is 11.7. The summed E-state index contributed by atoms with van der Waals surface area (Å²) in [5.41, 5.74) is 1.89. The minimum Gasteiger partial charge on any atom is -0.481 e. The summed E-state index contributed by atoms with van der Waals surface area (Å²) in [6, 6.07) is 7.61. The van der Waals surface area contributed by atoms with E-state index in [1.807, 2.05) is 31.2 Å². The summed E-state index contributed by atoms with van der Waals surface area (Å²) in [7, 11) is 0. The highest BCUT2D eigenvalue weighted by Crippen LogP contribution is 2.28. The predicted octanol–water partition coefficient (Wildman–Crippen LogP) is 4.07. The van der Waals surface area contributed by atoms with Crippen molar-refractivity contribution < 1.29 is 14.6 Å². The molecule has 2 atom stereocenters. The molecule has 0 heterocycles. The van der Waals surface area contributed by atoms with Crippen LogP contribution in [0.15, 0.2) is 36.9 Å². The van der Waals surface area contributed by atoms with Crippen molar-refractivity contribution in [3.63, 3.8) is 0 Å². The van der Waals surface area contributed by atoms with Crippen LogP contribution in [0.4, 0.5) is 0 Å². The third kappa shape index (κ3) is 4.18. The number of ether oxygens (including phenoxy) is 1. The second kappa shape index (κ2) is 7.41. The van der Waals surface area contributed by atoms with E-state index >= 15 is 0 Å². The lowest BCUT2D eigenvalue weighted by molar-refractivity contribution is -0.143. The summed E-state index contributed by atoms with van der Waals surface area (Å²) in [6.07, 6.45) is 6.93. The van der Waals surface area contributed by atoms with Crippen molar-refractivity contribution >= 4 is 5.97 Å². The average Bonchev–Trinajstić information content (AvgIpc) is 2.49. The van der Waals surface area contributed by atoms with E-state index < -0.39 is 18.0 Å². The lowest BCUT2D eigenvalue weighted by Gasteiger charge is -2.29. The first kappa shape index (κ1) is 15.8. The zero-order valence-electron chi connectivity index (χ0n) is 12.6. The Morgan fingerprint density at radius 1 is 1.29 bits per heavy atom. The number of carbonyl (C=O) groups is 1. The van der Waals surface area contributed by atoms with Crippen LogP contribution < -0.4 is 0 Å². The van der Waals surface area contributed by atoms with Crippen molar-refractivity contribution in [3.8, 4) is 0 Å². The number of aryl methyl sites for hydroxylation is 1. The molecule has 3 heteroatoms. The van der Waals surface area contributed by atoms with Crippen LogP contribution in [-0.4, -0.2) is 23.3 Å². The van der Waals surface area contributed by atoms with Gasteiger partial charge in [-0.3, -0.25) is 4.79 Å². The second-order valence-corrected chi connectivity index (χ2v) is 5.82. The van der Waals surface area contributed by atoms with Crippen molar-refractivity contribution in [1.29, 1.82) is 0 Å². The summed E-state index contributed by atoms with van der Waals surface area (Å²) in [5, 5.41) is 9.60. The van der Waals surface area contributed by atoms with E-state index in [9.17, 15) is 9.90 Å². The van der Waals surface area contributed by atoms with Gasteiger partial charge in [-0.2, -0.15) is 0 Å². The summed E-state index contributed by atoms with van der Waals surface area (Å²) >= 11 is 0. The van der Waals surface area contributed by atoms with Crippen molar-refractivity contribution in [2.24, 2.45) is 0 Å². The van der Waals surface area contributed by atoms with Crippen LogP contribution in [0.25, 0.3) is 0 Å². The van der Waals surface area contributed by atoms with Gasteiger partial charge in [0.2, 0.25) is 0 Å². The number of carboxylic acids is 1. The monoisotopic (exact) mass is 288 g/mol. The standard InChI is InChI=1S/C18H24O3/c1-3-16(21-15-7-5-4-6-8-15)17(18(19)20)14-11-9-13(2)10-12-14/h3,9-12,15-17H,1,4-8H2,2H3,(H,19,20)/t16-,17-/m1/s1. The number of carboxylic acid groups (broad SMARTS) is 1. The zero-order valence-corrected chi connectivity index (χ0v) is 12.6. The maximum Gasteiger partial charge on any atom is 0.313 e. The third-order valence-electron chi connectivity index (χ3n) is 4.17. The third-order valence-corrected chi connectivity index (χ3v) is 4.17. The van der Waals surface area contributed by atoms with Gasteiger partial charge < -0.3 is 9.84 Å². The average molecular weight is 288 g/mol. The van der Waals surface area contributed by atoms with Crippen LogP contribution in [-0.2, 0) is 9.53 Å². The van der Waals surface area contributed by atoms with Crippen LogP contribution in [0, 0.1) is 6.92 Å². The quantitative estimate of drug-likeness (QED) is 0.803. The van der Waals surface area contributed by atoms with Gasteiger partial charge in [-0.1, -0.05) is 55.2 Å². The summed E-state index contributed by atoms with van der Waals surface area (Å²) < 4.78 is 6.05. The second-order valence-electron chi connectivity index (χ2n) is 5.82. The largest absolute Gasteiger partial charge is 0.481 e. The fourth-order valence-electron chi connectivity index (χ4n) is 2.94. The van der Waals surface area contributed by atoms with Gasteiger partial charge in [0.15, 0.2) is 0 Å². The molecule has 21 heavy (non-hydrogen) atoms. The molecule has 0 unspecified atom stereocenters. The summed E-state index contributed by atoms with van der Waals surface area (Å²) in [5.74, 6) is -1.55. The summed E-state index contributed by atoms with van der Waals surface area (Å²) in [4.78, 5) is 11.7. The van der Waals surface area contributed by atoms with Crippen molar-refractivity contribution in [2.45, 2.75) is 57.2 Å². The Balaban J connectivity index is 2.15. The molecule has 1 saturated carbocycles. The first-order chi connectivity index (χ1) is 10.1. The molecule has 1 aromatic rings. The predicted molar refractivity (Wildman–Crippen MR) is 83.5 cm³/mol. The Labute approximate surface area is 126 Å². The Bertz CT molecular complexity index is 472. The van der Waals surface area contributed by atoms with Crippen molar-refractivity contribution in [1.82, 2.24) is 0 Å². The maximum atomic E-state index is 11.7. The lowest BCUT2D eigenvalue weighted by atomic mass is 9.91. The molecule has 0 radical (unpaired) electrons. The highest BCUT2D eigenvalue weighted by molar-refractivity contribution is 5.77.